The summed E-state index contributed by atoms with van der Waals surface area (Å²) in [6.45, 7) is 8.61. The molecule has 0 radical (unpaired) electrons. The third-order valence-electron chi connectivity index (χ3n) is 1.33. The molecule has 0 bridgehead atoms. The Balaban J connectivity index is 0. The zero-order valence-corrected chi connectivity index (χ0v) is 9.12. The van der Waals surface area contributed by atoms with E-state index >= 15 is 0 Å². The van der Waals surface area contributed by atoms with E-state index in [4.69, 9.17) is 0 Å². The van der Waals surface area contributed by atoms with Crippen LogP contribution < -0.4 is 5.32 Å². The van der Waals surface area contributed by atoms with Gasteiger partial charge < -0.3 is 5.32 Å². The second-order valence-corrected chi connectivity index (χ2v) is 3.63. The maximum atomic E-state index is 3.31. The normalized spacial score (nSPS) is 9.00. The Morgan fingerprint density at radius 2 is 0.857 bits per heavy atom. The molecule has 0 aromatic heterocycles. The summed E-state index contributed by atoms with van der Waals surface area (Å²) in [4.78, 5) is 0. The van der Waals surface area contributed by atoms with Gasteiger partial charge in [0.1, 0.15) is 0 Å². The molecule has 0 aliphatic heterocycles. The predicted molar refractivity (Wildman–Crippen MR) is 67.0 cm³/mol. The molecule has 0 saturated carbocycles. The van der Waals surface area contributed by atoms with Crippen molar-refractivity contribution >= 4 is 18.9 Å². The maximum absolute atomic E-state index is 3.31. The Kier molecular flexibility index (Phi) is 12.6. The van der Waals surface area contributed by atoms with Gasteiger partial charge in [0, 0.05) is 12.1 Å². The first-order chi connectivity index (χ1) is 6.13. The molecular formula is C12H22LiN. The smallest absolute Gasteiger partial charge is 0.0623 e. The van der Waals surface area contributed by atoms with E-state index in [1.165, 1.54) is 0 Å². The molecule has 0 unspecified atom stereocenters. The quantitative estimate of drug-likeness (QED) is 0.701. The number of hydrogen-bond acceptors (Lipinski definition) is 1. The van der Waals surface area contributed by atoms with Crippen LogP contribution in [0.1, 0.15) is 27.7 Å². The number of nitrogens with one attached hydrogen (secondary N) is 1. The van der Waals surface area contributed by atoms with Crippen molar-refractivity contribution in [3.8, 4) is 0 Å². The summed E-state index contributed by atoms with van der Waals surface area (Å²) >= 11 is 0. The van der Waals surface area contributed by atoms with Crippen LogP contribution >= 0.6 is 0 Å². The van der Waals surface area contributed by atoms with Crippen LogP contribution in [0.5, 0.6) is 0 Å². The first-order valence-electron chi connectivity index (χ1n) is 4.89. The van der Waals surface area contributed by atoms with E-state index in [0.29, 0.717) is 12.1 Å². The largest absolute Gasteiger partial charge is 0.0623 e. The molecule has 0 saturated heterocycles. The minimum Gasteiger partial charge on any atom is -0.0623 e. The first-order valence-corrected chi connectivity index (χ1v) is 4.89. The fraction of sp³-hybridized carbons (Fsp3) is 0.500. The molecule has 1 nitrogen and oxygen atoms in total. The van der Waals surface area contributed by atoms with E-state index in [1.807, 2.05) is 36.4 Å². The molecule has 0 aliphatic rings. The monoisotopic (exact) mass is 187 g/mol. The average molecular weight is 187 g/mol. The molecule has 0 amide bonds. The van der Waals surface area contributed by atoms with Crippen molar-refractivity contribution in [3.05, 3.63) is 36.4 Å². The molecule has 2 heteroatoms. The van der Waals surface area contributed by atoms with Gasteiger partial charge in [0.25, 0.3) is 0 Å². The molecule has 0 fully saturated rings. The summed E-state index contributed by atoms with van der Waals surface area (Å²) in [5.74, 6) is 0. The zero-order valence-electron chi connectivity index (χ0n) is 9.12. The van der Waals surface area contributed by atoms with Gasteiger partial charge in [-0.2, -0.15) is 0 Å². The van der Waals surface area contributed by atoms with Gasteiger partial charge in [-0.15, -0.1) is 0 Å². The summed E-state index contributed by atoms with van der Waals surface area (Å²) in [7, 11) is 0. The number of rotatable bonds is 2. The van der Waals surface area contributed by atoms with Gasteiger partial charge in [-0.3, -0.25) is 0 Å². The molecular weight excluding hydrogens is 165 g/mol. The van der Waals surface area contributed by atoms with Crippen LogP contribution in [0, 0.1) is 0 Å². The van der Waals surface area contributed by atoms with E-state index in [1.54, 1.807) is 0 Å². The maximum Gasteiger partial charge on any atom is -0.0623 e. The van der Waals surface area contributed by atoms with Gasteiger partial charge in [-0.05, 0) is 0 Å². The minimum atomic E-state index is 0. The topological polar surface area (TPSA) is 12.0 Å². The van der Waals surface area contributed by atoms with Crippen molar-refractivity contribution < 1.29 is 0 Å². The molecule has 14 heavy (non-hydrogen) atoms. The molecule has 1 aromatic carbocycles. The van der Waals surface area contributed by atoms with Crippen molar-refractivity contribution in [2.45, 2.75) is 39.8 Å². The Morgan fingerprint density at radius 1 is 0.643 bits per heavy atom. The van der Waals surface area contributed by atoms with E-state index in [0.717, 1.165) is 0 Å². The molecule has 1 rings (SSSR count). The third-order valence-corrected chi connectivity index (χ3v) is 1.33. The number of benzene rings is 1. The van der Waals surface area contributed by atoms with Crippen LogP contribution in [0.25, 0.3) is 0 Å². The number of hydrogen-bond donors (Lipinski definition) is 1. The van der Waals surface area contributed by atoms with Crippen LogP contribution in [0.3, 0.4) is 0 Å². The van der Waals surface area contributed by atoms with Gasteiger partial charge in [-0.1, -0.05) is 64.1 Å². The van der Waals surface area contributed by atoms with Crippen molar-refractivity contribution in [3.63, 3.8) is 0 Å². The van der Waals surface area contributed by atoms with Crippen LogP contribution in [0.4, 0.5) is 0 Å². The van der Waals surface area contributed by atoms with Crippen molar-refractivity contribution in [1.29, 1.82) is 0 Å². The summed E-state index contributed by atoms with van der Waals surface area (Å²) < 4.78 is 0. The van der Waals surface area contributed by atoms with E-state index in [9.17, 15) is 0 Å². The van der Waals surface area contributed by atoms with Gasteiger partial charge in [-0.25, -0.2) is 0 Å². The summed E-state index contributed by atoms with van der Waals surface area (Å²) in [5.41, 5.74) is 0. The fourth-order valence-electron chi connectivity index (χ4n) is 1.05. The summed E-state index contributed by atoms with van der Waals surface area (Å²) in [6.07, 6.45) is 0. The van der Waals surface area contributed by atoms with E-state index < -0.39 is 0 Å². The van der Waals surface area contributed by atoms with E-state index in [2.05, 4.69) is 33.0 Å². The second kappa shape index (κ2) is 10.9. The van der Waals surface area contributed by atoms with Crippen molar-refractivity contribution in [2.75, 3.05) is 0 Å². The molecule has 0 atom stereocenters. The first kappa shape index (κ1) is 16.2. The second-order valence-electron chi connectivity index (χ2n) is 3.63. The minimum absolute atomic E-state index is 0. The Morgan fingerprint density at radius 3 is 0.929 bits per heavy atom. The van der Waals surface area contributed by atoms with Crippen molar-refractivity contribution in [2.24, 2.45) is 0 Å². The van der Waals surface area contributed by atoms with Gasteiger partial charge in [0.05, 0.1) is 0 Å². The standard InChI is InChI=1S/C6H15N.C6H6.Li.H/c1-5(2)7-6(3)4;1-2-4-6-5-3-1;;/h5-7H,1-4H3;1-6H;;. The Bertz CT molecular complexity index is 152. The Hall–Kier alpha value is -0.223. The predicted octanol–water partition coefficient (Wildman–Crippen LogP) is 2.43. The average Bonchev–Trinajstić information content (AvgIpc) is 2.06. The molecule has 0 heterocycles. The fourth-order valence-corrected chi connectivity index (χ4v) is 1.05. The molecule has 76 valence electrons. The SMILES string of the molecule is CC(C)NC(C)C.[LiH].c1ccccc1. The summed E-state index contributed by atoms with van der Waals surface area (Å²) in [6, 6.07) is 13.2. The zero-order chi connectivity index (χ0) is 10.1. The van der Waals surface area contributed by atoms with Crippen LogP contribution in [-0.2, 0) is 0 Å². The third kappa shape index (κ3) is 14.3. The molecule has 0 spiro atoms. The van der Waals surface area contributed by atoms with Gasteiger partial charge >= 0.3 is 18.9 Å². The van der Waals surface area contributed by atoms with Crippen molar-refractivity contribution in [1.82, 2.24) is 5.32 Å². The van der Waals surface area contributed by atoms with Gasteiger partial charge in [0.2, 0.25) is 0 Å². The molecule has 1 N–H and O–H groups in total. The van der Waals surface area contributed by atoms with Crippen LogP contribution in [0.15, 0.2) is 36.4 Å². The molecule has 0 aliphatic carbocycles. The van der Waals surface area contributed by atoms with E-state index in [-0.39, 0.29) is 18.9 Å². The summed E-state index contributed by atoms with van der Waals surface area (Å²) in [5, 5.41) is 3.31. The van der Waals surface area contributed by atoms with Gasteiger partial charge in [0.15, 0.2) is 0 Å². The van der Waals surface area contributed by atoms with Crippen LogP contribution in [0.2, 0.25) is 0 Å². The van der Waals surface area contributed by atoms with Crippen LogP contribution in [-0.4, -0.2) is 30.9 Å². The molecule has 1 aromatic rings. The Labute approximate surface area is 100 Å².